The molecule has 0 radical (unpaired) electrons. The normalized spacial score (nSPS) is 12.1. The quantitative estimate of drug-likeness (QED) is 0.329. The highest BCUT2D eigenvalue weighted by Gasteiger charge is 2.22. The standard InChI is InChI=1S/C33H20O/c34-33-31(29-19-15-27(16-20-29)13-11-25-7-3-1-4-8-25)23-24-32(33)30-21-17-28(18-22-30)14-12-26-9-5-2-6-10-26/h1-10,15-24H. The molecular weight excluding hydrogens is 412 g/mol. The number of allylic oxidation sites excluding steroid dienone is 4. The van der Waals surface area contributed by atoms with Crippen LogP contribution in [-0.2, 0) is 4.79 Å². The number of Topliss-reactive ketones (excluding diaryl/α,β-unsaturated/α-hetero) is 1. The minimum absolute atomic E-state index is 0.0336. The van der Waals surface area contributed by atoms with Gasteiger partial charge >= 0.3 is 0 Å². The summed E-state index contributed by atoms with van der Waals surface area (Å²) in [5.41, 5.74) is 6.98. The Morgan fingerprint density at radius 3 is 1.06 bits per heavy atom. The molecule has 0 atom stereocenters. The van der Waals surface area contributed by atoms with E-state index in [0.29, 0.717) is 11.1 Å². The number of carbonyl (C=O) groups excluding carboxylic acids is 1. The van der Waals surface area contributed by atoms with Gasteiger partial charge in [0.2, 0.25) is 0 Å². The summed E-state index contributed by atoms with van der Waals surface area (Å²) in [4.78, 5) is 13.1. The van der Waals surface area contributed by atoms with Gasteiger partial charge in [-0.25, -0.2) is 0 Å². The van der Waals surface area contributed by atoms with Crippen LogP contribution in [0.4, 0.5) is 0 Å². The Morgan fingerprint density at radius 1 is 0.382 bits per heavy atom. The molecule has 0 N–H and O–H groups in total. The number of hydrogen-bond acceptors (Lipinski definition) is 1. The average Bonchev–Trinajstić information content (AvgIpc) is 3.29. The monoisotopic (exact) mass is 432 g/mol. The molecule has 0 aromatic heterocycles. The topological polar surface area (TPSA) is 17.1 Å². The Labute approximate surface area is 200 Å². The van der Waals surface area contributed by atoms with E-state index in [0.717, 1.165) is 33.4 Å². The molecule has 0 unspecified atom stereocenters. The van der Waals surface area contributed by atoms with E-state index in [-0.39, 0.29) is 5.78 Å². The molecular formula is C33H20O. The Balaban J connectivity index is 1.27. The van der Waals surface area contributed by atoms with Gasteiger partial charge in [0.1, 0.15) is 0 Å². The van der Waals surface area contributed by atoms with Crippen molar-refractivity contribution in [2.45, 2.75) is 0 Å². The molecule has 0 amide bonds. The summed E-state index contributed by atoms with van der Waals surface area (Å²) in [6.07, 6.45) is 3.79. The summed E-state index contributed by atoms with van der Waals surface area (Å²) in [5, 5.41) is 0. The van der Waals surface area contributed by atoms with Crippen LogP contribution < -0.4 is 0 Å². The van der Waals surface area contributed by atoms with E-state index >= 15 is 0 Å². The fourth-order valence-corrected chi connectivity index (χ4v) is 3.72. The SMILES string of the molecule is O=C1C(c2ccc(C#Cc3ccccc3)cc2)=CC=C1c1ccc(C#Cc2ccccc2)cc1. The van der Waals surface area contributed by atoms with Crippen molar-refractivity contribution in [3.05, 3.63) is 155 Å². The van der Waals surface area contributed by atoms with Crippen molar-refractivity contribution in [1.82, 2.24) is 0 Å². The molecule has 0 heterocycles. The summed E-state index contributed by atoms with van der Waals surface area (Å²) in [6, 6.07) is 35.4. The third-order valence-corrected chi connectivity index (χ3v) is 5.55. The number of benzene rings is 4. The fourth-order valence-electron chi connectivity index (χ4n) is 3.72. The van der Waals surface area contributed by atoms with Crippen molar-refractivity contribution in [1.29, 1.82) is 0 Å². The van der Waals surface area contributed by atoms with Crippen LogP contribution in [0.25, 0.3) is 11.1 Å². The summed E-state index contributed by atoms with van der Waals surface area (Å²) in [5.74, 6) is 12.7. The van der Waals surface area contributed by atoms with Gasteiger partial charge < -0.3 is 0 Å². The molecule has 1 nitrogen and oxygen atoms in total. The number of hydrogen-bond donors (Lipinski definition) is 0. The molecule has 1 aliphatic rings. The molecule has 4 aromatic rings. The van der Waals surface area contributed by atoms with Crippen molar-refractivity contribution >= 4 is 16.9 Å². The lowest BCUT2D eigenvalue weighted by Gasteiger charge is -2.06. The lowest BCUT2D eigenvalue weighted by molar-refractivity contribution is -0.108. The Kier molecular flexibility index (Phi) is 6.02. The van der Waals surface area contributed by atoms with Gasteiger partial charge in [0.25, 0.3) is 0 Å². The molecule has 0 saturated heterocycles. The summed E-state index contributed by atoms with van der Waals surface area (Å²) >= 11 is 0. The van der Waals surface area contributed by atoms with Crippen molar-refractivity contribution in [2.75, 3.05) is 0 Å². The molecule has 0 aliphatic heterocycles. The molecule has 0 fully saturated rings. The number of rotatable bonds is 2. The fraction of sp³-hybridized carbons (Fsp3) is 0. The van der Waals surface area contributed by atoms with Gasteiger partial charge in [-0.3, -0.25) is 4.79 Å². The van der Waals surface area contributed by atoms with Crippen molar-refractivity contribution in [3.8, 4) is 23.7 Å². The summed E-state index contributed by atoms with van der Waals surface area (Å²) < 4.78 is 0. The maximum Gasteiger partial charge on any atom is 0.194 e. The lowest BCUT2D eigenvalue weighted by atomic mass is 9.96. The van der Waals surface area contributed by atoms with Crippen LogP contribution in [0.3, 0.4) is 0 Å². The van der Waals surface area contributed by atoms with E-state index in [2.05, 4.69) is 23.7 Å². The first kappa shape index (κ1) is 21.0. The molecule has 5 rings (SSSR count). The first-order chi connectivity index (χ1) is 16.8. The van der Waals surface area contributed by atoms with Crippen LogP contribution in [0.5, 0.6) is 0 Å². The van der Waals surface area contributed by atoms with E-state index in [4.69, 9.17) is 0 Å². The number of carbonyl (C=O) groups is 1. The molecule has 1 aliphatic carbocycles. The molecule has 0 saturated carbocycles. The minimum atomic E-state index is 0.0336. The van der Waals surface area contributed by atoms with Gasteiger partial charge in [0.15, 0.2) is 5.78 Å². The summed E-state index contributed by atoms with van der Waals surface area (Å²) in [6.45, 7) is 0. The first-order valence-corrected chi connectivity index (χ1v) is 11.1. The van der Waals surface area contributed by atoms with Gasteiger partial charge in [-0.15, -0.1) is 0 Å². The smallest absolute Gasteiger partial charge is 0.194 e. The van der Waals surface area contributed by atoms with E-state index in [1.165, 1.54) is 0 Å². The average molecular weight is 433 g/mol. The second-order valence-electron chi connectivity index (χ2n) is 7.88. The zero-order chi connectivity index (χ0) is 23.2. The van der Waals surface area contributed by atoms with E-state index in [1.54, 1.807) is 0 Å². The Bertz CT molecular complexity index is 1390. The van der Waals surface area contributed by atoms with E-state index in [9.17, 15) is 4.79 Å². The van der Waals surface area contributed by atoms with Crippen LogP contribution in [0.2, 0.25) is 0 Å². The predicted molar refractivity (Wildman–Crippen MR) is 139 cm³/mol. The van der Waals surface area contributed by atoms with Gasteiger partial charge in [0.05, 0.1) is 0 Å². The Morgan fingerprint density at radius 2 is 0.706 bits per heavy atom. The zero-order valence-electron chi connectivity index (χ0n) is 18.5. The highest BCUT2D eigenvalue weighted by molar-refractivity contribution is 6.45. The van der Waals surface area contributed by atoms with Gasteiger partial charge in [0, 0.05) is 33.4 Å². The second-order valence-corrected chi connectivity index (χ2v) is 7.88. The second kappa shape index (κ2) is 9.74. The van der Waals surface area contributed by atoms with Crippen LogP contribution in [-0.4, -0.2) is 5.78 Å². The van der Waals surface area contributed by atoms with Crippen molar-refractivity contribution in [2.24, 2.45) is 0 Å². The lowest BCUT2D eigenvalue weighted by Crippen LogP contribution is -2.01. The largest absolute Gasteiger partial charge is 0.289 e. The van der Waals surface area contributed by atoms with Gasteiger partial charge in [-0.05, 0) is 71.8 Å². The summed E-state index contributed by atoms with van der Waals surface area (Å²) in [7, 11) is 0. The third kappa shape index (κ3) is 4.81. The first-order valence-electron chi connectivity index (χ1n) is 11.1. The van der Waals surface area contributed by atoms with Gasteiger partial charge in [-0.1, -0.05) is 84.3 Å². The van der Waals surface area contributed by atoms with Crippen LogP contribution in [0.15, 0.2) is 121 Å². The predicted octanol–water partition coefficient (Wildman–Crippen LogP) is 6.54. The number of ketones is 1. The zero-order valence-corrected chi connectivity index (χ0v) is 18.5. The maximum atomic E-state index is 13.1. The maximum absolute atomic E-state index is 13.1. The van der Waals surface area contributed by atoms with Crippen LogP contribution in [0, 0.1) is 23.7 Å². The highest BCUT2D eigenvalue weighted by atomic mass is 16.1. The molecule has 0 bridgehead atoms. The molecule has 4 aromatic carbocycles. The van der Waals surface area contributed by atoms with Crippen LogP contribution in [0.1, 0.15) is 33.4 Å². The van der Waals surface area contributed by atoms with Crippen molar-refractivity contribution in [3.63, 3.8) is 0 Å². The van der Waals surface area contributed by atoms with E-state index in [1.807, 2.05) is 121 Å². The Hall–Kier alpha value is -4.85. The molecule has 1 heteroatoms. The molecule has 0 spiro atoms. The van der Waals surface area contributed by atoms with Crippen molar-refractivity contribution < 1.29 is 4.79 Å². The molecule has 34 heavy (non-hydrogen) atoms. The third-order valence-electron chi connectivity index (χ3n) is 5.55. The molecule has 158 valence electrons. The van der Waals surface area contributed by atoms with E-state index < -0.39 is 0 Å². The highest BCUT2D eigenvalue weighted by Crippen LogP contribution is 2.31. The van der Waals surface area contributed by atoms with Crippen LogP contribution >= 0.6 is 0 Å². The van der Waals surface area contributed by atoms with Gasteiger partial charge in [-0.2, -0.15) is 0 Å². The minimum Gasteiger partial charge on any atom is -0.289 e.